The first-order chi connectivity index (χ1) is 12.6. The molecule has 1 atom stereocenters. The minimum absolute atomic E-state index is 0.132. The van der Waals surface area contributed by atoms with Crippen LogP contribution in [0.5, 0.6) is 0 Å². The molecule has 1 aliphatic rings. The summed E-state index contributed by atoms with van der Waals surface area (Å²) in [5.41, 5.74) is 0.995. The van der Waals surface area contributed by atoms with Gasteiger partial charge in [0.25, 0.3) is 5.91 Å². The van der Waals surface area contributed by atoms with Crippen LogP contribution in [0.4, 0.5) is 4.39 Å². The highest BCUT2D eigenvalue weighted by Crippen LogP contribution is 2.23. The summed E-state index contributed by atoms with van der Waals surface area (Å²) in [6.45, 7) is 1.14. The molecule has 2 heterocycles. The summed E-state index contributed by atoms with van der Waals surface area (Å²) in [7, 11) is 0. The number of carbonyl (C=O) groups is 1. The lowest BCUT2D eigenvalue weighted by molar-refractivity contribution is 0.0584. The molecule has 1 aromatic heterocycles. The normalized spacial score (nSPS) is 17.5. The molecule has 1 saturated heterocycles. The summed E-state index contributed by atoms with van der Waals surface area (Å²) in [4.78, 5) is 14.7. The Balaban J connectivity index is 1.70. The molecule has 1 amide bonds. The van der Waals surface area contributed by atoms with Gasteiger partial charge in [0.2, 0.25) is 0 Å². The molecule has 0 unspecified atom stereocenters. The third kappa shape index (κ3) is 4.40. The van der Waals surface area contributed by atoms with Gasteiger partial charge in [0.1, 0.15) is 5.82 Å². The molecule has 0 spiro atoms. The molecule has 0 radical (unpaired) electrons. The van der Waals surface area contributed by atoms with Crippen molar-refractivity contribution in [3.8, 4) is 0 Å². The first kappa shape index (κ1) is 18.8. The number of aliphatic hydroxyl groups excluding tert-OH is 1. The molecule has 1 aromatic carbocycles. The summed E-state index contributed by atoms with van der Waals surface area (Å²) < 4.78 is 14.7. The molecular formula is C18H22ClFN4O2. The van der Waals surface area contributed by atoms with E-state index in [-0.39, 0.29) is 18.6 Å². The largest absolute Gasteiger partial charge is 0.396 e. The summed E-state index contributed by atoms with van der Waals surface area (Å²) in [6.07, 6.45) is 6.09. The second kappa shape index (κ2) is 8.60. The zero-order valence-electron chi connectivity index (χ0n) is 14.4. The van der Waals surface area contributed by atoms with E-state index in [1.54, 1.807) is 12.3 Å². The van der Waals surface area contributed by atoms with Crippen LogP contribution in [0.3, 0.4) is 0 Å². The van der Waals surface area contributed by atoms with Crippen LogP contribution < -0.4 is 0 Å². The Kier molecular flexibility index (Phi) is 6.21. The van der Waals surface area contributed by atoms with E-state index in [2.05, 4.69) is 10.3 Å². The molecule has 6 nitrogen and oxygen atoms in total. The standard InChI is InChI=1S/C18H22ClFN4O2/c19-16-10-14(20)7-6-13(16)11-23-12-17(21-22-23)18(26)24-8-2-1-4-15(24)5-3-9-25/h6-7,10,12,15,25H,1-5,8-9,11H2/t15-/m0/s1. The fourth-order valence-electron chi connectivity index (χ4n) is 3.34. The molecular weight excluding hydrogens is 359 g/mol. The van der Waals surface area contributed by atoms with Gasteiger partial charge in [-0.05, 0) is 49.8 Å². The lowest BCUT2D eigenvalue weighted by atomic mass is 9.97. The third-order valence-corrected chi connectivity index (χ3v) is 5.04. The Morgan fingerprint density at radius 1 is 1.38 bits per heavy atom. The molecule has 0 bridgehead atoms. The highest BCUT2D eigenvalue weighted by atomic mass is 35.5. The highest BCUT2D eigenvalue weighted by molar-refractivity contribution is 6.31. The van der Waals surface area contributed by atoms with Crippen LogP contribution >= 0.6 is 11.6 Å². The Labute approximate surface area is 156 Å². The summed E-state index contributed by atoms with van der Waals surface area (Å²) >= 11 is 6.04. The van der Waals surface area contributed by atoms with Crippen LogP contribution in [0.25, 0.3) is 0 Å². The van der Waals surface area contributed by atoms with Crippen molar-refractivity contribution in [3.63, 3.8) is 0 Å². The molecule has 2 aromatic rings. The maximum atomic E-state index is 13.1. The van der Waals surface area contributed by atoms with Crippen molar-refractivity contribution in [2.45, 2.75) is 44.7 Å². The van der Waals surface area contributed by atoms with Gasteiger partial charge in [-0.1, -0.05) is 22.9 Å². The van der Waals surface area contributed by atoms with Crippen LogP contribution in [-0.2, 0) is 6.54 Å². The monoisotopic (exact) mass is 380 g/mol. The molecule has 8 heteroatoms. The molecule has 140 valence electrons. The van der Waals surface area contributed by atoms with Gasteiger partial charge in [-0.25, -0.2) is 9.07 Å². The number of hydrogen-bond acceptors (Lipinski definition) is 4. The number of carbonyl (C=O) groups excluding carboxylic acids is 1. The minimum atomic E-state index is -0.396. The van der Waals surface area contributed by atoms with Crippen molar-refractivity contribution < 1.29 is 14.3 Å². The SMILES string of the molecule is O=C(c1cn(Cc2ccc(F)cc2Cl)nn1)N1CCCC[C@H]1CCCO. The van der Waals surface area contributed by atoms with Gasteiger partial charge in [-0.3, -0.25) is 4.79 Å². The fraction of sp³-hybridized carbons (Fsp3) is 0.500. The van der Waals surface area contributed by atoms with Crippen LogP contribution in [0.15, 0.2) is 24.4 Å². The minimum Gasteiger partial charge on any atom is -0.396 e. The topological polar surface area (TPSA) is 71.2 Å². The van der Waals surface area contributed by atoms with Gasteiger partial charge in [0.05, 0.1) is 12.7 Å². The van der Waals surface area contributed by atoms with Crippen molar-refractivity contribution in [1.29, 1.82) is 0 Å². The molecule has 0 aliphatic carbocycles. The number of piperidine rings is 1. The zero-order chi connectivity index (χ0) is 18.5. The lowest BCUT2D eigenvalue weighted by Gasteiger charge is -2.35. The maximum Gasteiger partial charge on any atom is 0.276 e. The Hall–Kier alpha value is -1.99. The Morgan fingerprint density at radius 3 is 3.00 bits per heavy atom. The first-order valence-electron chi connectivity index (χ1n) is 8.84. The predicted molar refractivity (Wildman–Crippen MR) is 95.5 cm³/mol. The Morgan fingerprint density at radius 2 is 2.23 bits per heavy atom. The number of nitrogens with zero attached hydrogens (tertiary/aromatic N) is 4. The zero-order valence-corrected chi connectivity index (χ0v) is 15.2. The van der Waals surface area contributed by atoms with E-state index in [4.69, 9.17) is 16.7 Å². The number of benzene rings is 1. The number of aliphatic hydroxyl groups is 1. The third-order valence-electron chi connectivity index (χ3n) is 4.69. The molecule has 3 rings (SSSR count). The Bertz CT molecular complexity index is 767. The number of aromatic nitrogens is 3. The van der Waals surface area contributed by atoms with E-state index < -0.39 is 5.82 Å². The molecule has 1 N–H and O–H groups in total. The lowest BCUT2D eigenvalue weighted by Crippen LogP contribution is -2.44. The summed E-state index contributed by atoms with van der Waals surface area (Å²) in [5, 5.41) is 17.4. The second-order valence-corrected chi connectivity index (χ2v) is 6.96. The van der Waals surface area contributed by atoms with Crippen LogP contribution in [0.1, 0.15) is 48.2 Å². The van der Waals surface area contributed by atoms with Crippen molar-refractivity contribution in [3.05, 3.63) is 46.5 Å². The van der Waals surface area contributed by atoms with Crippen LogP contribution in [0.2, 0.25) is 5.02 Å². The van der Waals surface area contributed by atoms with Crippen molar-refractivity contribution in [1.82, 2.24) is 19.9 Å². The number of hydrogen-bond donors (Lipinski definition) is 1. The van der Waals surface area contributed by atoms with Crippen molar-refractivity contribution in [2.24, 2.45) is 0 Å². The van der Waals surface area contributed by atoms with E-state index in [0.717, 1.165) is 25.7 Å². The van der Waals surface area contributed by atoms with Gasteiger partial charge < -0.3 is 10.0 Å². The van der Waals surface area contributed by atoms with Crippen LogP contribution in [0, 0.1) is 5.82 Å². The highest BCUT2D eigenvalue weighted by Gasteiger charge is 2.28. The van der Waals surface area contributed by atoms with E-state index in [1.165, 1.54) is 16.8 Å². The van der Waals surface area contributed by atoms with E-state index in [9.17, 15) is 9.18 Å². The van der Waals surface area contributed by atoms with Gasteiger partial charge in [0.15, 0.2) is 5.69 Å². The van der Waals surface area contributed by atoms with Gasteiger partial charge in [0, 0.05) is 24.2 Å². The maximum absolute atomic E-state index is 13.1. The predicted octanol–water partition coefficient (Wildman–Crippen LogP) is 2.89. The van der Waals surface area contributed by atoms with Crippen LogP contribution in [-0.4, -0.2) is 50.1 Å². The average Bonchev–Trinajstić information content (AvgIpc) is 3.10. The first-order valence-corrected chi connectivity index (χ1v) is 9.22. The smallest absolute Gasteiger partial charge is 0.276 e. The van der Waals surface area contributed by atoms with Gasteiger partial charge in [-0.15, -0.1) is 5.10 Å². The number of amides is 1. The quantitative estimate of drug-likeness (QED) is 0.836. The van der Waals surface area contributed by atoms with E-state index in [1.807, 2.05) is 4.90 Å². The summed E-state index contributed by atoms with van der Waals surface area (Å²) in [5.74, 6) is -0.531. The van der Waals surface area contributed by atoms with Gasteiger partial charge >= 0.3 is 0 Å². The molecule has 0 saturated carbocycles. The number of halogens is 2. The van der Waals surface area contributed by atoms with E-state index >= 15 is 0 Å². The van der Waals surface area contributed by atoms with Crippen molar-refractivity contribution in [2.75, 3.05) is 13.2 Å². The van der Waals surface area contributed by atoms with Gasteiger partial charge in [-0.2, -0.15) is 0 Å². The molecule has 1 fully saturated rings. The molecule has 1 aliphatic heterocycles. The fourth-order valence-corrected chi connectivity index (χ4v) is 3.57. The van der Waals surface area contributed by atoms with E-state index in [0.29, 0.717) is 35.8 Å². The average molecular weight is 381 g/mol. The summed E-state index contributed by atoms with van der Waals surface area (Å²) in [6, 6.07) is 4.32. The molecule has 26 heavy (non-hydrogen) atoms. The second-order valence-electron chi connectivity index (χ2n) is 6.55. The number of likely N-dealkylation sites (tertiary alicyclic amines) is 1. The van der Waals surface area contributed by atoms with Crippen molar-refractivity contribution >= 4 is 17.5 Å². The number of rotatable bonds is 6.